The zero-order valence-electron chi connectivity index (χ0n) is 10.2. The van der Waals surface area contributed by atoms with E-state index in [2.05, 4.69) is 0 Å². The van der Waals surface area contributed by atoms with Crippen LogP contribution >= 0.6 is 11.6 Å². The maximum Gasteiger partial charge on any atom is 0.335 e. The van der Waals surface area contributed by atoms with Crippen molar-refractivity contribution in [1.29, 1.82) is 0 Å². The minimum Gasteiger partial charge on any atom is -0.478 e. The molecular weight excluding hydrogens is 264 g/mol. The maximum atomic E-state index is 11.3. The lowest BCUT2D eigenvalue weighted by Crippen LogP contribution is -2.52. The van der Waals surface area contributed by atoms with Crippen molar-refractivity contribution in [3.8, 4) is 0 Å². The summed E-state index contributed by atoms with van der Waals surface area (Å²) >= 11 is 6.09. The average molecular weight is 279 g/mol. The van der Waals surface area contributed by atoms with Gasteiger partial charge in [-0.3, -0.25) is 0 Å². The van der Waals surface area contributed by atoms with Crippen LogP contribution in [-0.4, -0.2) is 22.1 Å². The van der Waals surface area contributed by atoms with Crippen molar-refractivity contribution in [2.24, 2.45) is 11.5 Å². The van der Waals surface area contributed by atoms with Gasteiger partial charge in [0.2, 0.25) is 0 Å². The molecule has 0 saturated heterocycles. The molecule has 5 N–H and O–H groups in total. The lowest BCUT2D eigenvalue weighted by atomic mass is 9.86. The van der Waals surface area contributed by atoms with Crippen molar-refractivity contribution in [2.75, 3.05) is 0 Å². The molecule has 2 atom stereocenters. The van der Waals surface area contributed by atoms with E-state index in [1.165, 1.54) is 12.2 Å². The number of carboxylic acid groups (broad SMARTS) is 1. The lowest BCUT2D eigenvalue weighted by molar-refractivity contribution is -0.132. The predicted molar refractivity (Wildman–Crippen MR) is 74.7 cm³/mol. The van der Waals surface area contributed by atoms with Gasteiger partial charge >= 0.3 is 5.97 Å². The van der Waals surface area contributed by atoms with Crippen molar-refractivity contribution in [1.82, 2.24) is 0 Å². The second kappa shape index (κ2) is 5.17. The van der Waals surface area contributed by atoms with Crippen LogP contribution in [0.1, 0.15) is 5.56 Å². The summed E-state index contributed by atoms with van der Waals surface area (Å²) in [5.41, 5.74) is 13.5. The second-order valence-electron chi connectivity index (χ2n) is 4.54. The van der Waals surface area contributed by atoms with Gasteiger partial charge in [-0.15, -0.1) is 0 Å². The van der Waals surface area contributed by atoms with E-state index in [9.17, 15) is 9.90 Å². The SMILES string of the molecule is NC1C(Cc2ccccc2)=C(C(=O)O)C=CC1(N)Cl. The van der Waals surface area contributed by atoms with E-state index in [1.54, 1.807) is 0 Å². The van der Waals surface area contributed by atoms with Gasteiger partial charge in [0, 0.05) is 0 Å². The van der Waals surface area contributed by atoms with Crippen molar-refractivity contribution in [2.45, 2.75) is 17.5 Å². The number of benzene rings is 1. The number of carbonyl (C=O) groups is 1. The van der Waals surface area contributed by atoms with Gasteiger partial charge in [0.25, 0.3) is 0 Å². The maximum absolute atomic E-state index is 11.3. The zero-order chi connectivity index (χ0) is 14.0. The summed E-state index contributed by atoms with van der Waals surface area (Å²) in [5, 5.41) is 9.23. The van der Waals surface area contributed by atoms with Gasteiger partial charge in [0.1, 0.15) is 5.00 Å². The first-order valence-electron chi connectivity index (χ1n) is 5.84. The minimum absolute atomic E-state index is 0.165. The molecule has 2 rings (SSSR count). The highest BCUT2D eigenvalue weighted by atomic mass is 35.5. The molecule has 0 radical (unpaired) electrons. The normalized spacial score (nSPS) is 26.6. The summed E-state index contributed by atoms with van der Waals surface area (Å²) in [7, 11) is 0. The lowest BCUT2D eigenvalue weighted by Gasteiger charge is -2.32. The highest BCUT2D eigenvalue weighted by Crippen LogP contribution is 2.30. The summed E-state index contributed by atoms with van der Waals surface area (Å²) in [4.78, 5) is 10.0. The van der Waals surface area contributed by atoms with Crippen LogP contribution in [0.5, 0.6) is 0 Å². The summed E-state index contributed by atoms with van der Waals surface area (Å²) in [6, 6.07) is 8.75. The number of nitrogens with two attached hydrogens (primary N) is 2. The van der Waals surface area contributed by atoms with E-state index in [0.717, 1.165) is 5.56 Å². The fraction of sp³-hybridized carbons (Fsp3) is 0.214. The first kappa shape index (κ1) is 13.8. The molecule has 0 fully saturated rings. The Bertz CT molecular complexity index is 550. The van der Waals surface area contributed by atoms with Crippen molar-refractivity contribution >= 4 is 17.6 Å². The van der Waals surface area contributed by atoms with Gasteiger partial charge in [-0.2, -0.15) is 0 Å². The van der Waals surface area contributed by atoms with Crippen LogP contribution in [-0.2, 0) is 11.2 Å². The third-order valence-corrected chi connectivity index (χ3v) is 3.53. The molecule has 1 aliphatic rings. The Labute approximate surface area is 116 Å². The number of aliphatic carboxylic acids is 1. The molecule has 1 aromatic rings. The smallest absolute Gasteiger partial charge is 0.335 e. The standard InChI is InChI=1S/C14H15ClN2O2/c15-14(17)7-6-10(13(18)19)11(12(14)16)8-9-4-2-1-3-5-9/h1-7,12H,8,16-17H2,(H,18,19). The quantitative estimate of drug-likeness (QED) is 0.576. The van der Waals surface area contributed by atoms with Crippen LogP contribution in [0.4, 0.5) is 0 Å². The number of rotatable bonds is 3. The highest BCUT2D eigenvalue weighted by Gasteiger charge is 2.35. The molecule has 0 saturated carbocycles. The van der Waals surface area contributed by atoms with Gasteiger partial charge in [0.15, 0.2) is 0 Å². The number of alkyl halides is 1. The molecule has 1 aliphatic carbocycles. The molecule has 5 heteroatoms. The Morgan fingerprint density at radius 1 is 1.37 bits per heavy atom. The Kier molecular flexibility index (Phi) is 3.75. The molecule has 0 heterocycles. The Morgan fingerprint density at radius 3 is 2.58 bits per heavy atom. The Morgan fingerprint density at radius 2 is 2.00 bits per heavy atom. The summed E-state index contributed by atoms with van der Waals surface area (Å²) in [6.07, 6.45) is 3.27. The van der Waals surface area contributed by atoms with Crippen LogP contribution in [0.25, 0.3) is 0 Å². The number of hydrogen-bond donors (Lipinski definition) is 3. The predicted octanol–water partition coefficient (Wildman–Crippen LogP) is 1.40. The third kappa shape index (κ3) is 2.87. The molecule has 0 spiro atoms. The number of halogens is 1. The fourth-order valence-electron chi connectivity index (χ4n) is 2.09. The summed E-state index contributed by atoms with van der Waals surface area (Å²) in [5.74, 6) is -1.02. The molecule has 0 bridgehead atoms. The molecule has 19 heavy (non-hydrogen) atoms. The van der Waals surface area contributed by atoms with Gasteiger partial charge < -0.3 is 16.6 Å². The molecule has 2 unspecified atom stereocenters. The van der Waals surface area contributed by atoms with Gasteiger partial charge in [0.05, 0.1) is 11.6 Å². The largest absolute Gasteiger partial charge is 0.478 e. The highest BCUT2D eigenvalue weighted by molar-refractivity contribution is 6.26. The van der Waals surface area contributed by atoms with Crippen LogP contribution in [0.2, 0.25) is 0 Å². The molecule has 0 amide bonds. The van der Waals surface area contributed by atoms with Crippen LogP contribution < -0.4 is 11.5 Å². The van der Waals surface area contributed by atoms with Crippen molar-refractivity contribution in [3.05, 3.63) is 59.2 Å². The zero-order valence-corrected chi connectivity index (χ0v) is 11.0. The van der Waals surface area contributed by atoms with Crippen LogP contribution in [0.15, 0.2) is 53.6 Å². The molecule has 4 nitrogen and oxygen atoms in total. The van der Waals surface area contributed by atoms with E-state index in [0.29, 0.717) is 12.0 Å². The molecule has 1 aromatic carbocycles. The molecular formula is C14H15ClN2O2. The third-order valence-electron chi connectivity index (χ3n) is 3.17. The Balaban J connectivity index is 2.41. The molecule has 0 aromatic heterocycles. The second-order valence-corrected chi connectivity index (χ2v) is 5.20. The van der Waals surface area contributed by atoms with Crippen molar-refractivity contribution in [3.63, 3.8) is 0 Å². The van der Waals surface area contributed by atoms with Gasteiger partial charge in [-0.25, -0.2) is 4.79 Å². The van der Waals surface area contributed by atoms with E-state index in [-0.39, 0.29) is 5.57 Å². The number of carboxylic acids is 1. The first-order chi connectivity index (χ1) is 8.92. The van der Waals surface area contributed by atoms with Crippen molar-refractivity contribution < 1.29 is 9.90 Å². The number of hydrogen-bond acceptors (Lipinski definition) is 3. The summed E-state index contributed by atoms with van der Waals surface area (Å²) in [6.45, 7) is 0. The van der Waals surface area contributed by atoms with E-state index in [1.807, 2.05) is 30.3 Å². The van der Waals surface area contributed by atoms with E-state index < -0.39 is 17.0 Å². The monoisotopic (exact) mass is 278 g/mol. The molecule has 0 aliphatic heterocycles. The van der Waals surface area contributed by atoms with Gasteiger partial charge in [-0.1, -0.05) is 41.9 Å². The average Bonchev–Trinajstić information content (AvgIpc) is 2.36. The summed E-state index contributed by atoms with van der Waals surface area (Å²) < 4.78 is 0. The first-order valence-corrected chi connectivity index (χ1v) is 6.22. The topological polar surface area (TPSA) is 89.3 Å². The van der Waals surface area contributed by atoms with E-state index in [4.69, 9.17) is 23.1 Å². The van der Waals surface area contributed by atoms with Crippen LogP contribution in [0.3, 0.4) is 0 Å². The van der Waals surface area contributed by atoms with Gasteiger partial charge in [-0.05, 0) is 29.7 Å². The Hall–Kier alpha value is -1.62. The molecule has 100 valence electrons. The van der Waals surface area contributed by atoms with E-state index >= 15 is 0 Å². The minimum atomic E-state index is -1.25. The van der Waals surface area contributed by atoms with Crippen LogP contribution in [0, 0.1) is 0 Å². The fourth-order valence-corrected chi connectivity index (χ4v) is 2.28.